The van der Waals surface area contributed by atoms with Gasteiger partial charge in [0.1, 0.15) is 17.4 Å². The number of hydrogen-bond donors (Lipinski definition) is 1. The van der Waals surface area contributed by atoms with Crippen molar-refractivity contribution in [3.05, 3.63) is 99.0 Å². The number of carbonyl (C=O) groups excluding carboxylic acids is 1. The van der Waals surface area contributed by atoms with Gasteiger partial charge in [-0.25, -0.2) is 4.98 Å². The SMILES string of the molecule is CC(C)=C/C(C)=C/c1csc([C@H](Cc2ccc(OCc3ccccc3)cc2)NC(=O)CC2CCCCC2)n1. The second-order valence-electron chi connectivity index (χ2n) is 10.7. The molecule has 0 bridgehead atoms. The highest BCUT2D eigenvalue weighted by molar-refractivity contribution is 7.09. The summed E-state index contributed by atoms with van der Waals surface area (Å²) in [4.78, 5) is 18.0. The molecule has 1 N–H and O–H groups in total. The highest BCUT2D eigenvalue weighted by Crippen LogP contribution is 2.28. The minimum atomic E-state index is -0.155. The van der Waals surface area contributed by atoms with E-state index in [1.807, 2.05) is 30.3 Å². The van der Waals surface area contributed by atoms with Crippen LogP contribution in [-0.4, -0.2) is 10.9 Å². The van der Waals surface area contributed by atoms with E-state index in [1.54, 1.807) is 11.3 Å². The van der Waals surface area contributed by atoms with Gasteiger partial charge in [-0.2, -0.15) is 0 Å². The molecular weight excluding hydrogens is 488 g/mol. The first kappa shape index (κ1) is 27.8. The molecule has 1 aromatic heterocycles. The maximum absolute atomic E-state index is 13.1. The summed E-state index contributed by atoms with van der Waals surface area (Å²) in [5.74, 6) is 1.48. The lowest BCUT2D eigenvalue weighted by atomic mass is 9.87. The first-order valence-corrected chi connectivity index (χ1v) is 14.7. The molecule has 38 heavy (non-hydrogen) atoms. The fourth-order valence-corrected chi connectivity index (χ4v) is 5.89. The highest BCUT2D eigenvalue weighted by atomic mass is 32.1. The Hall–Kier alpha value is -3.18. The zero-order valence-corrected chi connectivity index (χ0v) is 23.7. The second kappa shape index (κ2) is 14.1. The minimum Gasteiger partial charge on any atom is -0.489 e. The Morgan fingerprint density at radius 3 is 2.47 bits per heavy atom. The summed E-state index contributed by atoms with van der Waals surface area (Å²) in [7, 11) is 0. The van der Waals surface area contributed by atoms with Crippen molar-refractivity contribution in [3.8, 4) is 5.75 Å². The number of carbonyl (C=O) groups is 1. The molecule has 0 radical (unpaired) electrons. The molecule has 0 spiro atoms. The molecule has 0 unspecified atom stereocenters. The van der Waals surface area contributed by atoms with Crippen molar-refractivity contribution < 1.29 is 9.53 Å². The summed E-state index contributed by atoms with van der Waals surface area (Å²) < 4.78 is 5.96. The van der Waals surface area contributed by atoms with Crippen LogP contribution in [0, 0.1) is 5.92 Å². The molecule has 0 aliphatic heterocycles. The number of amides is 1. The van der Waals surface area contributed by atoms with Crippen LogP contribution in [0.15, 0.2) is 77.2 Å². The molecule has 1 aliphatic rings. The van der Waals surface area contributed by atoms with Crippen molar-refractivity contribution in [1.82, 2.24) is 10.3 Å². The number of aromatic nitrogens is 1. The molecule has 200 valence electrons. The van der Waals surface area contributed by atoms with Crippen molar-refractivity contribution in [1.29, 1.82) is 0 Å². The summed E-state index contributed by atoms with van der Waals surface area (Å²) in [5, 5.41) is 6.36. The normalized spacial score (nSPS) is 15.1. The van der Waals surface area contributed by atoms with E-state index in [1.165, 1.54) is 43.3 Å². The Labute approximate surface area is 231 Å². The smallest absolute Gasteiger partial charge is 0.220 e. The lowest BCUT2D eigenvalue weighted by Crippen LogP contribution is -2.31. The van der Waals surface area contributed by atoms with Gasteiger partial charge in [0.2, 0.25) is 5.91 Å². The Kier molecular flexibility index (Phi) is 10.3. The van der Waals surface area contributed by atoms with Gasteiger partial charge in [-0.15, -0.1) is 11.3 Å². The van der Waals surface area contributed by atoms with Crippen molar-refractivity contribution in [2.24, 2.45) is 5.92 Å². The third-order valence-electron chi connectivity index (χ3n) is 6.88. The van der Waals surface area contributed by atoms with Gasteiger partial charge in [0.25, 0.3) is 0 Å². The second-order valence-corrected chi connectivity index (χ2v) is 11.6. The minimum absolute atomic E-state index is 0.137. The Morgan fingerprint density at radius 2 is 1.76 bits per heavy atom. The monoisotopic (exact) mass is 528 g/mol. The fraction of sp³-hybridized carbons (Fsp3) is 0.394. The Bertz CT molecular complexity index is 1220. The topological polar surface area (TPSA) is 51.2 Å². The Morgan fingerprint density at radius 1 is 1.03 bits per heavy atom. The summed E-state index contributed by atoms with van der Waals surface area (Å²) in [6, 6.07) is 18.2. The van der Waals surface area contributed by atoms with E-state index in [9.17, 15) is 4.79 Å². The van der Waals surface area contributed by atoms with Crippen LogP contribution in [0.3, 0.4) is 0 Å². The van der Waals surface area contributed by atoms with Gasteiger partial charge in [-0.1, -0.05) is 73.4 Å². The van der Waals surface area contributed by atoms with Gasteiger partial charge in [0, 0.05) is 11.8 Å². The van der Waals surface area contributed by atoms with Crippen molar-refractivity contribution in [2.45, 2.75) is 78.4 Å². The average molecular weight is 529 g/mol. The predicted octanol–water partition coefficient (Wildman–Crippen LogP) is 8.46. The Balaban J connectivity index is 1.45. The molecule has 1 fully saturated rings. The first-order chi connectivity index (χ1) is 18.4. The third kappa shape index (κ3) is 8.98. The van der Waals surface area contributed by atoms with E-state index >= 15 is 0 Å². The van der Waals surface area contributed by atoms with Crippen LogP contribution in [-0.2, 0) is 17.8 Å². The van der Waals surface area contributed by atoms with Gasteiger partial charge in [0.05, 0.1) is 11.7 Å². The first-order valence-electron chi connectivity index (χ1n) is 13.8. The largest absolute Gasteiger partial charge is 0.489 e. The van der Waals surface area contributed by atoms with E-state index < -0.39 is 0 Å². The van der Waals surface area contributed by atoms with E-state index in [0.717, 1.165) is 27.6 Å². The van der Waals surface area contributed by atoms with Crippen LogP contribution in [0.25, 0.3) is 6.08 Å². The van der Waals surface area contributed by atoms with E-state index in [4.69, 9.17) is 9.72 Å². The molecule has 1 aliphatic carbocycles. The third-order valence-corrected chi connectivity index (χ3v) is 7.85. The average Bonchev–Trinajstić information content (AvgIpc) is 3.37. The maximum atomic E-state index is 13.1. The highest BCUT2D eigenvalue weighted by Gasteiger charge is 2.22. The van der Waals surface area contributed by atoms with Gasteiger partial charge in [-0.3, -0.25) is 4.79 Å². The van der Waals surface area contributed by atoms with Crippen LogP contribution in [0.2, 0.25) is 0 Å². The van der Waals surface area contributed by atoms with E-state index in [0.29, 0.717) is 25.4 Å². The lowest BCUT2D eigenvalue weighted by Gasteiger charge is -2.23. The molecule has 0 saturated heterocycles. The predicted molar refractivity (Wildman–Crippen MR) is 158 cm³/mol. The number of hydrogen-bond acceptors (Lipinski definition) is 4. The zero-order valence-electron chi connectivity index (χ0n) is 22.9. The molecule has 5 heteroatoms. The van der Waals surface area contributed by atoms with E-state index in [2.05, 4.69) is 67.9 Å². The van der Waals surface area contributed by atoms with E-state index in [-0.39, 0.29) is 11.9 Å². The van der Waals surface area contributed by atoms with Crippen LogP contribution >= 0.6 is 11.3 Å². The van der Waals surface area contributed by atoms with Crippen LogP contribution < -0.4 is 10.1 Å². The standard InChI is InChI=1S/C33H40N2O2S/c1-24(2)18-25(3)19-29-23-38-33(34-29)31(35-32(36)21-26-10-6-4-7-11-26)20-27-14-16-30(17-15-27)37-22-28-12-8-5-9-13-28/h5,8-9,12-19,23,26,31H,4,6-7,10-11,20-22H2,1-3H3,(H,35,36)/b25-19+/t31-/m0/s1. The molecule has 1 saturated carbocycles. The number of ether oxygens (including phenoxy) is 1. The lowest BCUT2D eigenvalue weighted by molar-refractivity contribution is -0.123. The zero-order chi connectivity index (χ0) is 26.7. The van der Waals surface area contributed by atoms with Gasteiger partial charge in [-0.05, 0) is 80.9 Å². The molecule has 1 heterocycles. The quantitative estimate of drug-likeness (QED) is 0.254. The van der Waals surface area contributed by atoms with Gasteiger partial charge in [0.15, 0.2) is 0 Å². The van der Waals surface area contributed by atoms with Crippen molar-refractivity contribution in [2.75, 3.05) is 0 Å². The van der Waals surface area contributed by atoms with Gasteiger partial charge < -0.3 is 10.1 Å². The molecule has 3 aromatic rings. The molecular formula is C33H40N2O2S. The number of nitrogens with zero attached hydrogens (tertiary/aromatic N) is 1. The van der Waals surface area contributed by atoms with Crippen LogP contribution in [0.1, 0.15) is 87.2 Å². The maximum Gasteiger partial charge on any atom is 0.220 e. The van der Waals surface area contributed by atoms with Crippen molar-refractivity contribution >= 4 is 23.3 Å². The summed E-state index contributed by atoms with van der Waals surface area (Å²) in [6.45, 7) is 6.83. The number of allylic oxidation sites excluding steroid dienone is 3. The summed E-state index contributed by atoms with van der Waals surface area (Å²) in [5.41, 5.74) is 5.67. The summed E-state index contributed by atoms with van der Waals surface area (Å²) >= 11 is 1.62. The van der Waals surface area contributed by atoms with Crippen LogP contribution in [0.4, 0.5) is 0 Å². The van der Waals surface area contributed by atoms with Gasteiger partial charge >= 0.3 is 0 Å². The fourth-order valence-electron chi connectivity index (χ4n) is 5.06. The number of rotatable bonds is 11. The number of benzene rings is 2. The molecule has 1 amide bonds. The number of thiazole rings is 1. The molecule has 4 nitrogen and oxygen atoms in total. The van der Waals surface area contributed by atoms with Crippen LogP contribution in [0.5, 0.6) is 5.75 Å². The molecule has 1 atom stereocenters. The molecule has 2 aromatic carbocycles. The summed E-state index contributed by atoms with van der Waals surface area (Å²) in [6.07, 6.45) is 11.7. The number of nitrogens with one attached hydrogen (secondary N) is 1. The van der Waals surface area contributed by atoms with Crippen molar-refractivity contribution in [3.63, 3.8) is 0 Å². The molecule has 4 rings (SSSR count).